The minimum atomic E-state index is -3.91. The highest BCUT2D eigenvalue weighted by molar-refractivity contribution is 7.89. The van der Waals surface area contributed by atoms with Crippen LogP contribution in [0.25, 0.3) is 0 Å². The van der Waals surface area contributed by atoms with Crippen molar-refractivity contribution in [3.8, 4) is 0 Å². The van der Waals surface area contributed by atoms with Crippen LogP contribution in [-0.2, 0) is 10.0 Å². The number of halogens is 3. The van der Waals surface area contributed by atoms with E-state index in [0.29, 0.717) is 18.1 Å². The Hall–Kier alpha value is -3.01. The highest BCUT2D eigenvalue weighted by atomic mass is 35.5. The molecule has 1 fully saturated rings. The Morgan fingerprint density at radius 3 is 2.24 bits per heavy atom. The van der Waals surface area contributed by atoms with Crippen LogP contribution < -0.4 is 10.2 Å². The van der Waals surface area contributed by atoms with Crippen LogP contribution >= 0.6 is 11.6 Å². The topological polar surface area (TPSA) is 69.7 Å². The molecule has 3 aromatic carbocycles. The Bertz CT molecular complexity index is 1280. The number of rotatable bonds is 5. The SMILES string of the molecule is O=C(Nc1ccc(S(=O)(=O)N2CCN(c3cccc(Cl)c3)CC2)cc1F)c1ccc(F)cc1. The summed E-state index contributed by atoms with van der Waals surface area (Å²) in [4.78, 5) is 14.1. The van der Waals surface area contributed by atoms with Crippen molar-refractivity contribution in [2.75, 3.05) is 36.4 Å². The van der Waals surface area contributed by atoms with E-state index in [4.69, 9.17) is 11.6 Å². The third kappa shape index (κ3) is 5.16. The van der Waals surface area contributed by atoms with Gasteiger partial charge in [0.15, 0.2) is 0 Å². The van der Waals surface area contributed by atoms with E-state index < -0.39 is 27.6 Å². The van der Waals surface area contributed by atoms with Gasteiger partial charge in [0, 0.05) is 42.5 Å². The molecule has 10 heteroatoms. The number of hydrogen-bond acceptors (Lipinski definition) is 4. The molecule has 172 valence electrons. The molecule has 1 amide bonds. The van der Waals surface area contributed by atoms with Gasteiger partial charge in [0.05, 0.1) is 10.6 Å². The van der Waals surface area contributed by atoms with Crippen molar-refractivity contribution in [3.05, 3.63) is 89.0 Å². The van der Waals surface area contributed by atoms with Crippen molar-refractivity contribution in [2.24, 2.45) is 0 Å². The predicted molar refractivity (Wildman–Crippen MR) is 123 cm³/mol. The Kier molecular flexibility index (Phi) is 6.64. The molecule has 4 rings (SSSR count). The van der Waals surface area contributed by atoms with Gasteiger partial charge in [-0.25, -0.2) is 17.2 Å². The van der Waals surface area contributed by atoms with E-state index in [1.54, 1.807) is 6.07 Å². The highest BCUT2D eigenvalue weighted by Crippen LogP contribution is 2.25. The van der Waals surface area contributed by atoms with E-state index in [1.165, 1.54) is 28.6 Å². The lowest BCUT2D eigenvalue weighted by Crippen LogP contribution is -2.48. The van der Waals surface area contributed by atoms with Gasteiger partial charge in [-0.05, 0) is 60.7 Å². The molecule has 6 nitrogen and oxygen atoms in total. The molecule has 0 saturated carbocycles. The van der Waals surface area contributed by atoms with E-state index in [-0.39, 0.29) is 29.2 Å². The zero-order valence-corrected chi connectivity index (χ0v) is 18.9. The third-order valence-corrected chi connectivity index (χ3v) is 7.47. The number of nitrogens with one attached hydrogen (secondary N) is 1. The number of anilines is 2. The van der Waals surface area contributed by atoms with Gasteiger partial charge in [0.25, 0.3) is 5.91 Å². The lowest BCUT2D eigenvalue weighted by molar-refractivity contribution is 0.102. The average Bonchev–Trinajstić information content (AvgIpc) is 2.81. The van der Waals surface area contributed by atoms with Crippen molar-refractivity contribution in [1.29, 1.82) is 0 Å². The summed E-state index contributed by atoms with van der Waals surface area (Å²) in [5.74, 6) is -2.02. The summed E-state index contributed by atoms with van der Waals surface area (Å²) in [6.07, 6.45) is 0. The maximum absolute atomic E-state index is 14.6. The first-order valence-corrected chi connectivity index (χ1v) is 11.9. The standard InChI is InChI=1S/C23H20ClF2N3O3S/c24-17-2-1-3-19(14-17)28-10-12-29(13-11-28)33(31,32)20-8-9-22(21(26)15-20)27-23(30)16-4-6-18(25)7-5-16/h1-9,14-15H,10-13H2,(H,27,30). The van der Waals surface area contributed by atoms with Gasteiger partial charge in [-0.15, -0.1) is 0 Å². The quantitative estimate of drug-likeness (QED) is 0.575. The van der Waals surface area contributed by atoms with E-state index in [2.05, 4.69) is 5.32 Å². The van der Waals surface area contributed by atoms with Crippen molar-refractivity contribution in [1.82, 2.24) is 4.31 Å². The summed E-state index contributed by atoms with van der Waals surface area (Å²) in [5.41, 5.74) is 0.881. The zero-order chi connectivity index (χ0) is 23.6. The van der Waals surface area contributed by atoms with Crippen LogP contribution in [0.4, 0.5) is 20.2 Å². The second-order valence-corrected chi connectivity index (χ2v) is 9.85. The zero-order valence-electron chi connectivity index (χ0n) is 17.3. The summed E-state index contributed by atoms with van der Waals surface area (Å²) < 4.78 is 55.0. The third-order valence-electron chi connectivity index (χ3n) is 5.34. The van der Waals surface area contributed by atoms with Crippen LogP contribution in [0.1, 0.15) is 10.4 Å². The van der Waals surface area contributed by atoms with Gasteiger partial charge >= 0.3 is 0 Å². The molecule has 0 bridgehead atoms. The molecule has 1 saturated heterocycles. The number of carbonyl (C=O) groups is 1. The maximum atomic E-state index is 14.6. The van der Waals surface area contributed by atoms with Gasteiger partial charge in [0.1, 0.15) is 11.6 Å². The van der Waals surface area contributed by atoms with Crippen molar-refractivity contribution in [3.63, 3.8) is 0 Å². The molecule has 0 spiro atoms. The van der Waals surface area contributed by atoms with E-state index >= 15 is 0 Å². The Balaban J connectivity index is 1.44. The number of benzene rings is 3. The molecule has 33 heavy (non-hydrogen) atoms. The molecule has 1 aliphatic rings. The molecular weight excluding hydrogens is 472 g/mol. The Labute approximate surface area is 195 Å². The second-order valence-electron chi connectivity index (χ2n) is 7.47. The normalized spacial score (nSPS) is 14.8. The number of piperazine rings is 1. The van der Waals surface area contributed by atoms with Crippen LogP contribution in [-0.4, -0.2) is 44.8 Å². The first kappa shape index (κ1) is 23.2. The van der Waals surface area contributed by atoms with Crippen LogP contribution in [0.5, 0.6) is 0 Å². The molecule has 1 aliphatic heterocycles. The van der Waals surface area contributed by atoms with Crippen LogP contribution in [0.3, 0.4) is 0 Å². The number of carbonyl (C=O) groups excluding carboxylic acids is 1. The molecule has 0 atom stereocenters. The fraction of sp³-hybridized carbons (Fsp3) is 0.174. The molecule has 0 unspecified atom stereocenters. The van der Waals surface area contributed by atoms with Crippen LogP contribution in [0.2, 0.25) is 5.02 Å². The van der Waals surface area contributed by atoms with Crippen molar-refractivity contribution in [2.45, 2.75) is 4.90 Å². The summed E-state index contributed by atoms with van der Waals surface area (Å²) in [6, 6.07) is 15.4. The fourth-order valence-electron chi connectivity index (χ4n) is 3.56. The molecule has 0 aromatic heterocycles. The summed E-state index contributed by atoms with van der Waals surface area (Å²) in [5, 5.41) is 2.97. The summed E-state index contributed by atoms with van der Waals surface area (Å²) in [7, 11) is -3.91. The number of nitrogens with zero attached hydrogens (tertiary/aromatic N) is 2. The molecular formula is C23H20ClF2N3O3S. The van der Waals surface area contributed by atoms with Gasteiger partial charge in [-0.3, -0.25) is 4.79 Å². The van der Waals surface area contributed by atoms with Crippen LogP contribution in [0.15, 0.2) is 71.6 Å². The number of amides is 1. The highest BCUT2D eigenvalue weighted by Gasteiger charge is 2.29. The Morgan fingerprint density at radius 1 is 0.909 bits per heavy atom. The predicted octanol–water partition coefficient (Wildman–Crippen LogP) is 4.38. The van der Waals surface area contributed by atoms with Gasteiger partial charge in [-0.1, -0.05) is 17.7 Å². The first-order valence-electron chi connectivity index (χ1n) is 10.1. The summed E-state index contributed by atoms with van der Waals surface area (Å²) >= 11 is 6.04. The van der Waals surface area contributed by atoms with Crippen molar-refractivity contribution < 1.29 is 22.0 Å². The first-order chi connectivity index (χ1) is 15.7. The van der Waals surface area contributed by atoms with E-state index in [0.717, 1.165) is 23.9 Å². The number of sulfonamides is 1. The smallest absolute Gasteiger partial charge is 0.255 e. The molecule has 1 heterocycles. The van der Waals surface area contributed by atoms with Gasteiger partial charge in [-0.2, -0.15) is 4.31 Å². The summed E-state index contributed by atoms with van der Waals surface area (Å²) in [6.45, 7) is 1.40. The maximum Gasteiger partial charge on any atom is 0.255 e. The van der Waals surface area contributed by atoms with Crippen LogP contribution in [0, 0.1) is 11.6 Å². The molecule has 0 radical (unpaired) electrons. The van der Waals surface area contributed by atoms with Gasteiger partial charge in [0.2, 0.25) is 10.0 Å². The second kappa shape index (κ2) is 9.46. The van der Waals surface area contributed by atoms with E-state index in [9.17, 15) is 22.0 Å². The Morgan fingerprint density at radius 2 is 1.61 bits per heavy atom. The number of hydrogen-bond donors (Lipinski definition) is 1. The molecule has 1 N–H and O–H groups in total. The van der Waals surface area contributed by atoms with E-state index in [1.807, 2.05) is 23.1 Å². The fourth-order valence-corrected chi connectivity index (χ4v) is 5.18. The lowest BCUT2D eigenvalue weighted by atomic mass is 10.2. The van der Waals surface area contributed by atoms with Crippen molar-refractivity contribution >= 4 is 38.9 Å². The monoisotopic (exact) mass is 491 g/mol. The largest absolute Gasteiger partial charge is 0.369 e. The molecule has 3 aromatic rings. The minimum Gasteiger partial charge on any atom is -0.369 e. The molecule has 0 aliphatic carbocycles. The van der Waals surface area contributed by atoms with Gasteiger partial charge < -0.3 is 10.2 Å². The average molecular weight is 492 g/mol. The minimum absolute atomic E-state index is 0.144. The lowest BCUT2D eigenvalue weighted by Gasteiger charge is -2.35.